The molecule has 3 aromatic carbocycles. The van der Waals surface area contributed by atoms with Gasteiger partial charge in [0, 0.05) is 29.8 Å². The average molecular weight is 551 g/mol. The first-order chi connectivity index (χ1) is 19.4. The van der Waals surface area contributed by atoms with Crippen LogP contribution in [0, 0.1) is 0 Å². The minimum Gasteiger partial charge on any atom is -0.496 e. The number of ketones is 1. The van der Waals surface area contributed by atoms with Crippen LogP contribution in [0.3, 0.4) is 0 Å². The molecule has 0 amide bonds. The first-order valence-electron chi connectivity index (χ1n) is 12.0. The highest BCUT2D eigenvalue weighted by atomic mass is 16.7. The molecule has 1 aromatic heterocycles. The summed E-state index contributed by atoms with van der Waals surface area (Å²) in [5.41, 5.74) is 0.151. The van der Waals surface area contributed by atoms with Crippen LogP contribution in [-0.4, -0.2) is 54.7 Å². The molecule has 11 nitrogen and oxygen atoms in total. The van der Waals surface area contributed by atoms with Gasteiger partial charge < -0.3 is 42.3 Å². The van der Waals surface area contributed by atoms with Gasteiger partial charge in [-0.1, -0.05) is 0 Å². The maximum Gasteiger partial charge on any atom is 0.306 e. The zero-order valence-corrected chi connectivity index (χ0v) is 22.6. The maximum absolute atomic E-state index is 14.0. The molecule has 2 heterocycles. The Hall–Kier alpha value is -5.06. The Balaban J connectivity index is 1.71. The lowest BCUT2D eigenvalue weighted by molar-refractivity contribution is 0.0230. The zero-order chi connectivity index (χ0) is 28.6. The molecule has 0 saturated carbocycles. The van der Waals surface area contributed by atoms with Crippen molar-refractivity contribution in [3.63, 3.8) is 0 Å². The largest absolute Gasteiger partial charge is 0.496 e. The van der Waals surface area contributed by atoms with Crippen LogP contribution in [0.2, 0.25) is 0 Å². The molecule has 0 radical (unpaired) electrons. The van der Waals surface area contributed by atoms with E-state index in [-0.39, 0.29) is 45.3 Å². The third-order valence-corrected chi connectivity index (χ3v) is 6.41. The van der Waals surface area contributed by atoms with E-state index in [9.17, 15) is 9.59 Å². The van der Waals surface area contributed by atoms with Crippen molar-refractivity contribution in [3.8, 4) is 57.3 Å². The van der Waals surface area contributed by atoms with Gasteiger partial charge in [-0.25, -0.2) is 0 Å². The van der Waals surface area contributed by atoms with Crippen LogP contribution < -0.4 is 43.3 Å². The van der Waals surface area contributed by atoms with Gasteiger partial charge in [-0.05, 0) is 18.2 Å². The predicted octanol–water partition coefficient (Wildman–Crippen LogP) is 4.49. The van der Waals surface area contributed by atoms with E-state index in [1.54, 1.807) is 36.4 Å². The quantitative estimate of drug-likeness (QED) is 0.293. The van der Waals surface area contributed by atoms with Crippen molar-refractivity contribution in [2.45, 2.75) is 6.29 Å². The van der Waals surface area contributed by atoms with Crippen molar-refractivity contribution in [3.05, 3.63) is 58.3 Å². The molecule has 40 heavy (non-hydrogen) atoms. The molecule has 11 heteroatoms. The van der Waals surface area contributed by atoms with E-state index in [1.807, 2.05) is 0 Å². The summed E-state index contributed by atoms with van der Waals surface area (Å²) in [6.07, 6.45) is -1.51. The van der Waals surface area contributed by atoms with Gasteiger partial charge in [0.05, 0.1) is 42.7 Å². The number of hydrogen-bond acceptors (Lipinski definition) is 11. The second-order valence-electron chi connectivity index (χ2n) is 8.50. The second kappa shape index (κ2) is 10.6. The molecule has 208 valence electrons. The molecule has 0 bridgehead atoms. The number of benzene rings is 3. The summed E-state index contributed by atoms with van der Waals surface area (Å²) in [6, 6.07) is 11.1. The third-order valence-electron chi connectivity index (χ3n) is 6.41. The molecule has 1 aliphatic heterocycles. The number of hydrogen-bond donors (Lipinski definition) is 0. The Labute approximate surface area is 228 Å². The highest BCUT2D eigenvalue weighted by Crippen LogP contribution is 2.43. The normalized spacial score (nSPS) is 13.8. The molecule has 0 fully saturated rings. The Morgan fingerprint density at radius 1 is 0.675 bits per heavy atom. The molecule has 4 aromatic rings. The van der Waals surface area contributed by atoms with Crippen molar-refractivity contribution >= 4 is 16.8 Å². The molecule has 1 aliphatic rings. The standard InChI is InChI=1S/C29H26O11/c1-32-15-10-19(36-5)23-21(12-15)38-27(14-7-8-17(34-3)18(9-14)35-4)28(25(23)30)40-29-26(31)24-20(37-6)11-16(33-2)13-22(24)39-29/h7-13,29H,1-6H3. The Morgan fingerprint density at radius 2 is 1.32 bits per heavy atom. The molecule has 0 saturated heterocycles. The van der Waals surface area contributed by atoms with Gasteiger partial charge >= 0.3 is 6.29 Å². The van der Waals surface area contributed by atoms with Gasteiger partial charge in [0.15, 0.2) is 17.3 Å². The number of rotatable bonds is 9. The van der Waals surface area contributed by atoms with Crippen molar-refractivity contribution in [1.29, 1.82) is 0 Å². The summed E-state index contributed by atoms with van der Waals surface area (Å²) < 4.78 is 50.3. The second-order valence-corrected chi connectivity index (χ2v) is 8.50. The molecule has 0 aliphatic carbocycles. The summed E-state index contributed by atoms with van der Waals surface area (Å²) >= 11 is 0. The van der Waals surface area contributed by atoms with E-state index in [1.165, 1.54) is 48.7 Å². The summed E-state index contributed by atoms with van der Waals surface area (Å²) in [4.78, 5) is 27.4. The van der Waals surface area contributed by atoms with Gasteiger partial charge in [0.1, 0.15) is 45.3 Å². The van der Waals surface area contributed by atoms with Gasteiger partial charge in [-0.15, -0.1) is 0 Å². The van der Waals surface area contributed by atoms with Crippen molar-refractivity contribution in [2.75, 3.05) is 42.7 Å². The van der Waals surface area contributed by atoms with Crippen LogP contribution >= 0.6 is 0 Å². The lowest BCUT2D eigenvalue weighted by Gasteiger charge is -2.17. The lowest BCUT2D eigenvalue weighted by Crippen LogP contribution is -2.30. The van der Waals surface area contributed by atoms with E-state index in [4.69, 9.17) is 42.3 Å². The van der Waals surface area contributed by atoms with E-state index < -0.39 is 17.5 Å². The minimum atomic E-state index is -1.51. The highest BCUT2D eigenvalue weighted by Gasteiger charge is 2.39. The van der Waals surface area contributed by atoms with E-state index in [0.29, 0.717) is 28.6 Å². The van der Waals surface area contributed by atoms with E-state index in [2.05, 4.69) is 0 Å². The van der Waals surface area contributed by atoms with Crippen LogP contribution in [0.4, 0.5) is 0 Å². The first kappa shape index (κ1) is 26.5. The van der Waals surface area contributed by atoms with Gasteiger partial charge in [0.25, 0.3) is 5.78 Å². The monoisotopic (exact) mass is 550 g/mol. The lowest BCUT2D eigenvalue weighted by atomic mass is 10.1. The average Bonchev–Trinajstić information content (AvgIpc) is 3.31. The smallest absolute Gasteiger partial charge is 0.306 e. The Kier molecular flexibility index (Phi) is 7.03. The summed E-state index contributed by atoms with van der Waals surface area (Å²) in [5.74, 6) is 1.49. The van der Waals surface area contributed by atoms with Crippen molar-refractivity contribution < 1.29 is 47.1 Å². The molecule has 0 N–H and O–H groups in total. The topological polar surface area (TPSA) is 121 Å². The van der Waals surface area contributed by atoms with Gasteiger partial charge in [-0.2, -0.15) is 0 Å². The molecule has 1 atom stereocenters. The fourth-order valence-electron chi connectivity index (χ4n) is 4.45. The molecule has 1 unspecified atom stereocenters. The Morgan fingerprint density at radius 3 is 1.98 bits per heavy atom. The zero-order valence-electron chi connectivity index (χ0n) is 22.6. The third kappa shape index (κ3) is 4.35. The SMILES string of the molecule is COc1cc(OC)c2c(c1)OC(Oc1c(-c3ccc(OC)c(OC)c3)oc3cc(OC)cc(OC)c3c1=O)C2=O. The minimum absolute atomic E-state index is 0.0191. The summed E-state index contributed by atoms with van der Waals surface area (Å²) in [5, 5.41) is 0.0877. The molecule has 5 rings (SSSR count). The summed E-state index contributed by atoms with van der Waals surface area (Å²) in [6.45, 7) is 0. The van der Waals surface area contributed by atoms with Crippen LogP contribution in [0.15, 0.2) is 51.7 Å². The number of ether oxygens (including phenoxy) is 8. The van der Waals surface area contributed by atoms with E-state index >= 15 is 0 Å². The fourth-order valence-corrected chi connectivity index (χ4v) is 4.45. The first-order valence-corrected chi connectivity index (χ1v) is 12.0. The number of fused-ring (bicyclic) bond motifs is 2. The van der Waals surface area contributed by atoms with E-state index in [0.717, 1.165) is 0 Å². The Bertz CT molecular complexity index is 1670. The predicted molar refractivity (Wildman–Crippen MR) is 143 cm³/mol. The molecular weight excluding hydrogens is 524 g/mol. The van der Waals surface area contributed by atoms with Crippen LogP contribution in [0.5, 0.6) is 46.0 Å². The van der Waals surface area contributed by atoms with Gasteiger partial charge in [0.2, 0.25) is 11.2 Å². The number of carbonyl (C=O) groups excluding carboxylic acids is 1. The van der Waals surface area contributed by atoms with Crippen LogP contribution in [-0.2, 0) is 0 Å². The van der Waals surface area contributed by atoms with Crippen LogP contribution in [0.25, 0.3) is 22.3 Å². The maximum atomic E-state index is 14.0. The highest BCUT2D eigenvalue weighted by molar-refractivity contribution is 6.06. The summed E-state index contributed by atoms with van der Waals surface area (Å²) in [7, 11) is 8.78. The molecular formula is C29H26O11. The van der Waals surface area contributed by atoms with Crippen molar-refractivity contribution in [2.24, 2.45) is 0 Å². The van der Waals surface area contributed by atoms with Crippen LogP contribution in [0.1, 0.15) is 10.4 Å². The number of methoxy groups -OCH3 is 6. The number of carbonyl (C=O) groups is 1. The number of Topliss-reactive ketones (excluding diaryl/α,β-unsaturated/α-hetero) is 1. The van der Waals surface area contributed by atoms with Gasteiger partial charge in [-0.3, -0.25) is 9.59 Å². The fraction of sp³-hybridized carbons (Fsp3) is 0.241. The van der Waals surface area contributed by atoms with Crippen molar-refractivity contribution in [1.82, 2.24) is 0 Å². The molecule has 0 spiro atoms.